The lowest BCUT2D eigenvalue weighted by atomic mass is 10.2. The first kappa shape index (κ1) is 15.7. The maximum absolute atomic E-state index is 13.6. The van der Waals surface area contributed by atoms with Gasteiger partial charge in [0.15, 0.2) is 0 Å². The molecule has 1 aliphatic heterocycles. The number of aliphatic hydroxyl groups excluding tert-OH is 1. The summed E-state index contributed by atoms with van der Waals surface area (Å²) in [4.78, 5) is 1.78. The summed E-state index contributed by atoms with van der Waals surface area (Å²) in [5.74, 6) is -0.859. The number of hydrogen-bond acceptors (Lipinski definition) is 4. The van der Waals surface area contributed by atoms with Gasteiger partial charge in [-0.05, 0) is 32.1 Å². The first-order valence-electron chi connectivity index (χ1n) is 6.13. The van der Waals surface area contributed by atoms with E-state index in [1.807, 2.05) is 11.9 Å². The first-order chi connectivity index (χ1) is 9.33. The summed E-state index contributed by atoms with van der Waals surface area (Å²) in [6.07, 6.45) is 0.707. The third kappa shape index (κ3) is 3.29. The Balaban J connectivity index is 2.27. The zero-order valence-electron chi connectivity index (χ0n) is 10.9. The molecule has 20 heavy (non-hydrogen) atoms. The van der Waals surface area contributed by atoms with Gasteiger partial charge in [-0.3, -0.25) is 0 Å². The standard InChI is InChI=1S/C12H16ClFN2O3S/c1-16-3-2-9(6-16)15-20(18,19)10-4-8(7-17)12(13)11(14)5-10/h4-5,9,15,17H,2-3,6-7H2,1H3. The van der Waals surface area contributed by atoms with Gasteiger partial charge in [0.05, 0.1) is 16.5 Å². The van der Waals surface area contributed by atoms with E-state index >= 15 is 0 Å². The molecule has 1 aliphatic rings. The molecule has 0 spiro atoms. The van der Waals surface area contributed by atoms with Crippen LogP contribution in [-0.4, -0.2) is 44.6 Å². The zero-order valence-corrected chi connectivity index (χ0v) is 12.5. The van der Waals surface area contributed by atoms with Gasteiger partial charge in [-0.15, -0.1) is 0 Å². The predicted octanol–water partition coefficient (Wildman–Crippen LogP) is 0.954. The second-order valence-corrected chi connectivity index (χ2v) is 7.00. The predicted molar refractivity (Wildman–Crippen MR) is 73.6 cm³/mol. The fourth-order valence-corrected chi connectivity index (χ4v) is 3.70. The highest BCUT2D eigenvalue weighted by molar-refractivity contribution is 7.89. The van der Waals surface area contributed by atoms with E-state index in [1.54, 1.807) is 0 Å². The topological polar surface area (TPSA) is 69.6 Å². The van der Waals surface area contributed by atoms with Crippen molar-refractivity contribution in [2.45, 2.75) is 24.0 Å². The molecule has 2 N–H and O–H groups in total. The Morgan fingerprint density at radius 1 is 1.55 bits per heavy atom. The smallest absolute Gasteiger partial charge is 0.240 e. The van der Waals surface area contributed by atoms with Crippen LogP contribution in [0.1, 0.15) is 12.0 Å². The van der Waals surface area contributed by atoms with Gasteiger partial charge in [0.1, 0.15) is 5.82 Å². The van der Waals surface area contributed by atoms with Gasteiger partial charge < -0.3 is 10.0 Å². The average molecular weight is 323 g/mol. The van der Waals surface area contributed by atoms with Gasteiger partial charge in [-0.25, -0.2) is 17.5 Å². The molecule has 0 radical (unpaired) electrons. The van der Waals surface area contributed by atoms with Crippen molar-refractivity contribution in [3.63, 3.8) is 0 Å². The number of likely N-dealkylation sites (tertiary alicyclic amines) is 1. The van der Waals surface area contributed by atoms with E-state index in [0.29, 0.717) is 13.0 Å². The Labute approximate surface area is 122 Å². The second kappa shape index (κ2) is 5.95. The molecular weight excluding hydrogens is 307 g/mol. The lowest BCUT2D eigenvalue weighted by molar-refractivity contribution is 0.281. The van der Waals surface area contributed by atoms with Gasteiger partial charge in [0, 0.05) is 18.2 Å². The van der Waals surface area contributed by atoms with E-state index in [4.69, 9.17) is 16.7 Å². The largest absolute Gasteiger partial charge is 0.392 e. The van der Waals surface area contributed by atoms with Gasteiger partial charge in [-0.1, -0.05) is 11.6 Å². The molecular formula is C12H16ClFN2O3S. The van der Waals surface area contributed by atoms with Crippen molar-refractivity contribution < 1.29 is 17.9 Å². The number of halogens is 2. The Kier molecular flexibility index (Phi) is 4.66. The van der Waals surface area contributed by atoms with Crippen molar-refractivity contribution in [3.8, 4) is 0 Å². The van der Waals surface area contributed by atoms with Crippen LogP contribution in [0.25, 0.3) is 0 Å². The number of aliphatic hydroxyl groups is 1. The van der Waals surface area contributed by atoms with Crippen LogP contribution in [0.4, 0.5) is 4.39 Å². The number of benzene rings is 1. The summed E-state index contributed by atoms with van der Waals surface area (Å²) in [5.41, 5.74) is 0.0515. The highest BCUT2D eigenvalue weighted by atomic mass is 35.5. The summed E-state index contributed by atoms with van der Waals surface area (Å²) in [5, 5.41) is 8.82. The minimum absolute atomic E-state index is 0.0515. The second-order valence-electron chi connectivity index (χ2n) is 4.91. The number of nitrogens with one attached hydrogen (secondary N) is 1. The van der Waals surface area contributed by atoms with Crippen LogP contribution in [-0.2, 0) is 16.6 Å². The Bertz CT molecular complexity index is 609. The maximum Gasteiger partial charge on any atom is 0.240 e. The Morgan fingerprint density at radius 3 is 2.80 bits per heavy atom. The normalized spacial score (nSPS) is 20.5. The number of nitrogens with zero attached hydrogens (tertiary/aromatic N) is 1. The van der Waals surface area contributed by atoms with E-state index < -0.39 is 22.4 Å². The van der Waals surface area contributed by atoms with Crippen molar-refractivity contribution in [2.75, 3.05) is 20.1 Å². The molecule has 2 rings (SSSR count). The van der Waals surface area contributed by atoms with E-state index in [0.717, 1.165) is 12.6 Å². The van der Waals surface area contributed by atoms with Crippen LogP contribution in [0.2, 0.25) is 5.02 Å². The van der Waals surface area contributed by atoms with Crippen LogP contribution in [0, 0.1) is 5.82 Å². The quantitative estimate of drug-likeness (QED) is 0.866. The molecule has 112 valence electrons. The SMILES string of the molecule is CN1CCC(NS(=O)(=O)c2cc(F)c(Cl)c(CO)c2)C1. The monoisotopic (exact) mass is 322 g/mol. The van der Waals surface area contributed by atoms with Crippen molar-refractivity contribution in [3.05, 3.63) is 28.5 Å². The van der Waals surface area contributed by atoms with Crippen LogP contribution in [0.5, 0.6) is 0 Å². The van der Waals surface area contributed by atoms with Crippen LogP contribution in [0.15, 0.2) is 17.0 Å². The lowest BCUT2D eigenvalue weighted by Crippen LogP contribution is -2.36. The van der Waals surface area contributed by atoms with Crippen molar-refractivity contribution >= 4 is 21.6 Å². The van der Waals surface area contributed by atoms with Crippen molar-refractivity contribution in [1.82, 2.24) is 9.62 Å². The van der Waals surface area contributed by atoms with E-state index in [2.05, 4.69) is 4.72 Å². The zero-order chi connectivity index (χ0) is 14.9. The highest BCUT2D eigenvalue weighted by Gasteiger charge is 2.26. The van der Waals surface area contributed by atoms with Gasteiger partial charge in [0.25, 0.3) is 0 Å². The number of likely N-dealkylation sites (N-methyl/N-ethyl adjacent to an activating group) is 1. The maximum atomic E-state index is 13.6. The Hall–Kier alpha value is -0.730. The minimum Gasteiger partial charge on any atom is -0.392 e. The first-order valence-corrected chi connectivity index (χ1v) is 7.99. The molecule has 1 heterocycles. The molecule has 1 atom stereocenters. The van der Waals surface area contributed by atoms with Crippen molar-refractivity contribution in [1.29, 1.82) is 0 Å². The molecule has 1 aromatic rings. The van der Waals surface area contributed by atoms with Gasteiger partial charge in [0.2, 0.25) is 10.0 Å². The van der Waals surface area contributed by atoms with Crippen LogP contribution in [0.3, 0.4) is 0 Å². The fraction of sp³-hybridized carbons (Fsp3) is 0.500. The fourth-order valence-electron chi connectivity index (χ4n) is 2.21. The molecule has 8 heteroatoms. The molecule has 1 saturated heterocycles. The molecule has 1 unspecified atom stereocenters. The summed E-state index contributed by atoms with van der Waals surface area (Å²) in [6.45, 7) is 0.900. The highest BCUT2D eigenvalue weighted by Crippen LogP contribution is 2.25. The molecule has 0 saturated carbocycles. The summed E-state index contributed by atoms with van der Waals surface area (Å²) in [7, 11) is -1.92. The van der Waals surface area contributed by atoms with E-state index in [9.17, 15) is 12.8 Å². The van der Waals surface area contributed by atoms with E-state index in [1.165, 1.54) is 6.07 Å². The number of hydrogen-bond donors (Lipinski definition) is 2. The third-order valence-electron chi connectivity index (χ3n) is 3.27. The van der Waals surface area contributed by atoms with Crippen LogP contribution < -0.4 is 4.72 Å². The van der Waals surface area contributed by atoms with Crippen LogP contribution >= 0.6 is 11.6 Å². The number of rotatable bonds is 4. The Morgan fingerprint density at radius 2 is 2.25 bits per heavy atom. The molecule has 1 aromatic carbocycles. The summed E-state index contributed by atoms with van der Waals surface area (Å²) >= 11 is 5.65. The average Bonchev–Trinajstić information content (AvgIpc) is 2.77. The van der Waals surface area contributed by atoms with Crippen molar-refractivity contribution in [2.24, 2.45) is 0 Å². The summed E-state index contributed by atoms with van der Waals surface area (Å²) in [6, 6.07) is 1.86. The van der Waals surface area contributed by atoms with E-state index in [-0.39, 0.29) is 21.5 Å². The summed E-state index contributed by atoms with van der Waals surface area (Å²) < 4.78 is 40.5. The molecule has 0 aliphatic carbocycles. The lowest BCUT2D eigenvalue weighted by Gasteiger charge is -2.14. The molecule has 5 nitrogen and oxygen atoms in total. The van der Waals surface area contributed by atoms with Gasteiger partial charge >= 0.3 is 0 Å². The molecule has 0 amide bonds. The third-order valence-corrected chi connectivity index (χ3v) is 5.19. The molecule has 0 aromatic heterocycles. The van der Waals surface area contributed by atoms with Gasteiger partial charge in [-0.2, -0.15) is 0 Å². The molecule has 0 bridgehead atoms. The molecule has 1 fully saturated rings. The number of sulfonamides is 1. The minimum atomic E-state index is -3.83.